The highest BCUT2D eigenvalue weighted by Gasteiger charge is 2.49. The van der Waals surface area contributed by atoms with Gasteiger partial charge in [0.15, 0.2) is 0 Å². The monoisotopic (exact) mass is 403 g/mol. The maximum atomic E-state index is 13.2. The van der Waals surface area contributed by atoms with Crippen molar-refractivity contribution in [3.05, 3.63) is 17.7 Å². The Hall–Kier alpha value is -1.93. The molecule has 160 valence electrons. The lowest BCUT2D eigenvalue weighted by Gasteiger charge is -2.50. The fourth-order valence-corrected chi connectivity index (χ4v) is 5.45. The van der Waals surface area contributed by atoms with Crippen molar-refractivity contribution >= 4 is 11.8 Å². The maximum Gasteiger partial charge on any atom is 0.249 e. The van der Waals surface area contributed by atoms with E-state index in [9.17, 15) is 9.59 Å². The van der Waals surface area contributed by atoms with Crippen LogP contribution in [0, 0.1) is 5.92 Å². The number of nitrogens with one attached hydrogen (secondary N) is 1. The summed E-state index contributed by atoms with van der Waals surface area (Å²) in [7, 11) is 1.56. The summed E-state index contributed by atoms with van der Waals surface area (Å²) in [4.78, 5) is 40.2. The second-order valence-corrected chi connectivity index (χ2v) is 8.55. The molecular formula is C21H33N5O3. The summed E-state index contributed by atoms with van der Waals surface area (Å²) in [6.45, 7) is 7.23. The van der Waals surface area contributed by atoms with Gasteiger partial charge in [0.05, 0.1) is 23.5 Å². The minimum absolute atomic E-state index is 0.00629. The minimum Gasteiger partial charge on any atom is -0.375 e. The minimum atomic E-state index is -0.429. The average Bonchev–Trinajstić information content (AvgIpc) is 3.24. The summed E-state index contributed by atoms with van der Waals surface area (Å²) >= 11 is 0. The number of aromatic nitrogens is 2. The predicted molar refractivity (Wildman–Crippen MR) is 108 cm³/mol. The van der Waals surface area contributed by atoms with Crippen LogP contribution in [0.5, 0.6) is 0 Å². The Balaban J connectivity index is 1.50. The van der Waals surface area contributed by atoms with Crippen LogP contribution in [0.2, 0.25) is 0 Å². The van der Waals surface area contributed by atoms with E-state index in [2.05, 4.69) is 21.8 Å². The van der Waals surface area contributed by atoms with Gasteiger partial charge in [0.1, 0.15) is 6.61 Å². The Morgan fingerprint density at radius 2 is 2.07 bits per heavy atom. The summed E-state index contributed by atoms with van der Waals surface area (Å²) < 4.78 is 5.13. The molecule has 3 aliphatic rings. The van der Waals surface area contributed by atoms with E-state index >= 15 is 0 Å². The van der Waals surface area contributed by atoms with Crippen LogP contribution in [0.15, 0.2) is 6.33 Å². The summed E-state index contributed by atoms with van der Waals surface area (Å²) in [6.07, 6.45) is 6.06. The molecule has 2 amide bonds. The standard InChI is InChI=1S/C21H33N5O3/c1-3-24-9-4-5-16(13-24)20(28)25-11-7-21(8-12-25)19-17(22-15-23-19)6-10-26(21)18(27)14-29-2/h15-16H,3-14H2,1-2H3,(H,22,23)/t16-/m1/s1. The number of hydrogen-bond donors (Lipinski definition) is 1. The van der Waals surface area contributed by atoms with Gasteiger partial charge in [0, 0.05) is 45.4 Å². The van der Waals surface area contributed by atoms with E-state index in [0.717, 1.165) is 63.1 Å². The van der Waals surface area contributed by atoms with Crippen LogP contribution in [0.1, 0.15) is 44.0 Å². The molecule has 29 heavy (non-hydrogen) atoms. The van der Waals surface area contributed by atoms with Gasteiger partial charge in [0.2, 0.25) is 11.8 Å². The normalized spacial score (nSPS) is 24.6. The van der Waals surface area contributed by atoms with Crippen LogP contribution in [0.25, 0.3) is 0 Å². The lowest BCUT2D eigenvalue weighted by Crippen LogP contribution is -2.60. The van der Waals surface area contributed by atoms with Crippen LogP contribution in [0.4, 0.5) is 0 Å². The molecule has 0 radical (unpaired) electrons. The SMILES string of the molecule is CCN1CCC[C@@H](C(=O)N2CCC3(CC2)c2nc[nH]c2CCN3C(=O)COC)C1. The van der Waals surface area contributed by atoms with Gasteiger partial charge < -0.3 is 24.4 Å². The van der Waals surface area contributed by atoms with E-state index < -0.39 is 5.54 Å². The molecular weight excluding hydrogens is 370 g/mol. The summed E-state index contributed by atoms with van der Waals surface area (Å²) in [5.74, 6) is 0.397. The zero-order valence-electron chi connectivity index (χ0n) is 17.7. The first-order chi connectivity index (χ1) is 14.1. The fraction of sp³-hybridized carbons (Fsp3) is 0.762. The molecule has 4 rings (SSSR count). The summed E-state index contributed by atoms with van der Waals surface area (Å²) in [5.41, 5.74) is 1.68. The van der Waals surface area contributed by atoms with Gasteiger partial charge in [-0.1, -0.05) is 6.92 Å². The third-order valence-electron chi connectivity index (χ3n) is 7.03. The van der Waals surface area contributed by atoms with Gasteiger partial charge in [-0.15, -0.1) is 0 Å². The molecule has 4 heterocycles. The highest BCUT2D eigenvalue weighted by atomic mass is 16.5. The number of ether oxygens (including phenoxy) is 1. The Morgan fingerprint density at radius 1 is 1.28 bits per heavy atom. The predicted octanol–water partition coefficient (Wildman–Crippen LogP) is 0.990. The number of carbonyl (C=O) groups excluding carboxylic acids is 2. The zero-order chi connectivity index (χ0) is 20.4. The first kappa shape index (κ1) is 20.3. The molecule has 0 saturated carbocycles. The van der Waals surface area contributed by atoms with Gasteiger partial charge in [-0.2, -0.15) is 0 Å². The molecule has 0 bridgehead atoms. The number of carbonyl (C=O) groups is 2. The number of fused-ring (bicyclic) bond motifs is 2. The van der Waals surface area contributed by atoms with Crippen LogP contribution in [-0.2, 0) is 26.3 Å². The van der Waals surface area contributed by atoms with Crippen molar-refractivity contribution in [3.63, 3.8) is 0 Å². The van der Waals surface area contributed by atoms with E-state index in [0.29, 0.717) is 19.6 Å². The molecule has 2 saturated heterocycles. The molecule has 0 aliphatic carbocycles. The van der Waals surface area contributed by atoms with Crippen LogP contribution in [-0.4, -0.2) is 89.5 Å². The topological polar surface area (TPSA) is 81.8 Å². The first-order valence-corrected chi connectivity index (χ1v) is 10.9. The van der Waals surface area contributed by atoms with Gasteiger partial charge in [-0.3, -0.25) is 9.59 Å². The lowest BCUT2D eigenvalue weighted by atomic mass is 9.78. The van der Waals surface area contributed by atoms with Crippen molar-refractivity contribution in [1.29, 1.82) is 0 Å². The number of methoxy groups -OCH3 is 1. The van der Waals surface area contributed by atoms with Crippen molar-refractivity contribution in [3.8, 4) is 0 Å². The number of likely N-dealkylation sites (tertiary alicyclic amines) is 2. The number of nitrogens with zero attached hydrogens (tertiary/aromatic N) is 4. The number of aromatic amines is 1. The molecule has 8 heteroatoms. The van der Waals surface area contributed by atoms with Gasteiger partial charge in [0.25, 0.3) is 0 Å². The Kier molecular flexibility index (Phi) is 5.92. The highest BCUT2D eigenvalue weighted by molar-refractivity contribution is 5.80. The largest absolute Gasteiger partial charge is 0.375 e. The molecule has 1 atom stereocenters. The van der Waals surface area contributed by atoms with Gasteiger partial charge in [-0.25, -0.2) is 4.98 Å². The van der Waals surface area contributed by atoms with Crippen molar-refractivity contribution in [2.45, 2.75) is 44.6 Å². The molecule has 3 aliphatic heterocycles. The first-order valence-electron chi connectivity index (χ1n) is 10.9. The van der Waals surface area contributed by atoms with E-state index in [4.69, 9.17) is 4.74 Å². The van der Waals surface area contributed by atoms with E-state index in [1.54, 1.807) is 13.4 Å². The smallest absolute Gasteiger partial charge is 0.249 e. The van der Waals surface area contributed by atoms with Crippen molar-refractivity contribution in [2.24, 2.45) is 5.92 Å². The van der Waals surface area contributed by atoms with Crippen LogP contribution >= 0.6 is 0 Å². The number of imidazole rings is 1. The summed E-state index contributed by atoms with van der Waals surface area (Å²) in [5, 5.41) is 0. The second-order valence-electron chi connectivity index (χ2n) is 8.55. The van der Waals surface area contributed by atoms with Crippen molar-refractivity contribution in [1.82, 2.24) is 24.7 Å². The second kappa shape index (κ2) is 8.44. The van der Waals surface area contributed by atoms with Gasteiger partial charge in [-0.05, 0) is 38.8 Å². The number of H-pyrrole nitrogens is 1. The molecule has 8 nitrogen and oxygen atoms in total. The number of hydrogen-bond acceptors (Lipinski definition) is 5. The molecule has 1 N–H and O–H groups in total. The number of rotatable bonds is 4. The zero-order valence-corrected chi connectivity index (χ0v) is 17.7. The average molecular weight is 404 g/mol. The Morgan fingerprint density at radius 3 is 2.79 bits per heavy atom. The third-order valence-corrected chi connectivity index (χ3v) is 7.03. The van der Waals surface area contributed by atoms with Crippen LogP contribution < -0.4 is 0 Å². The lowest BCUT2D eigenvalue weighted by molar-refractivity contribution is -0.149. The molecule has 1 aromatic rings. The quantitative estimate of drug-likeness (QED) is 0.811. The molecule has 0 aromatic carbocycles. The number of piperidine rings is 2. The number of amides is 2. The maximum absolute atomic E-state index is 13.2. The van der Waals surface area contributed by atoms with E-state index in [1.165, 1.54) is 0 Å². The van der Waals surface area contributed by atoms with E-state index in [1.807, 2.05) is 9.80 Å². The third kappa shape index (κ3) is 3.68. The van der Waals surface area contributed by atoms with Crippen LogP contribution in [0.3, 0.4) is 0 Å². The van der Waals surface area contributed by atoms with Gasteiger partial charge >= 0.3 is 0 Å². The fourth-order valence-electron chi connectivity index (χ4n) is 5.45. The Labute approximate surface area is 172 Å². The Bertz CT molecular complexity index is 740. The van der Waals surface area contributed by atoms with Crippen molar-refractivity contribution < 1.29 is 14.3 Å². The highest BCUT2D eigenvalue weighted by Crippen LogP contribution is 2.42. The molecule has 1 spiro atoms. The van der Waals surface area contributed by atoms with E-state index in [-0.39, 0.29) is 24.3 Å². The summed E-state index contributed by atoms with van der Waals surface area (Å²) in [6, 6.07) is 0. The van der Waals surface area contributed by atoms with Crippen molar-refractivity contribution in [2.75, 3.05) is 53.0 Å². The molecule has 0 unspecified atom stereocenters. The molecule has 2 fully saturated rings. The molecule has 1 aromatic heterocycles.